The van der Waals surface area contributed by atoms with Crippen LogP contribution in [0.25, 0.3) is 0 Å². The Morgan fingerprint density at radius 1 is 1.16 bits per heavy atom. The standard InChI is InChI=1S/C14H18Cl2N2.ClH/c15-13-3-1-2-10(14(13)16)8-18-7-6-11-4-5-12(9-18)17-11;/h1-3,11-12,17H,4-9H2;1H. The average molecular weight is 322 g/mol. The molecule has 2 bridgehead atoms. The van der Waals surface area contributed by atoms with Crippen LogP contribution in [-0.2, 0) is 6.54 Å². The highest BCUT2D eigenvalue weighted by Gasteiger charge is 2.29. The van der Waals surface area contributed by atoms with Gasteiger partial charge in [-0.2, -0.15) is 0 Å². The lowest BCUT2D eigenvalue weighted by Crippen LogP contribution is -2.35. The van der Waals surface area contributed by atoms with Gasteiger partial charge in [-0.25, -0.2) is 0 Å². The summed E-state index contributed by atoms with van der Waals surface area (Å²) in [6.45, 7) is 3.18. The zero-order valence-corrected chi connectivity index (χ0v) is 13.1. The highest BCUT2D eigenvalue weighted by molar-refractivity contribution is 6.42. The van der Waals surface area contributed by atoms with Crippen molar-refractivity contribution in [1.29, 1.82) is 0 Å². The van der Waals surface area contributed by atoms with Crippen molar-refractivity contribution in [1.82, 2.24) is 10.2 Å². The van der Waals surface area contributed by atoms with E-state index in [9.17, 15) is 0 Å². The van der Waals surface area contributed by atoms with Gasteiger partial charge in [-0.15, -0.1) is 12.4 Å². The molecular weight excluding hydrogens is 303 g/mol. The molecule has 5 heteroatoms. The predicted molar refractivity (Wildman–Crippen MR) is 83.5 cm³/mol. The van der Waals surface area contributed by atoms with E-state index in [0.717, 1.165) is 31.2 Å². The maximum Gasteiger partial charge on any atom is 0.0637 e. The lowest BCUT2D eigenvalue weighted by Gasteiger charge is -2.24. The second kappa shape index (κ2) is 6.64. The molecule has 2 heterocycles. The molecule has 2 nitrogen and oxygen atoms in total. The molecule has 3 rings (SSSR count). The fraction of sp³-hybridized carbons (Fsp3) is 0.571. The van der Waals surface area contributed by atoms with Crippen LogP contribution in [0.1, 0.15) is 24.8 Å². The highest BCUT2D eigenvalue weighted by Crippen LogP contribution is 2.28. The summed E-state index contributed by atoms with van der Waals surface area (Å²) < 4.78 is 0. The van der Waals surface area contributed by atoms with Crippen molar-refractivity contribution in [3.8, 4) is 0 Å². The molecular formula is C14H19Cl3N2. The molecule has 0 aliphatic carbocycles. The van der Waals surface area contributed by atoms with Gasteiger partial charge >= 0.3 is 0 Å². The van der Waals surface area contributed by atoms with Crippen LogP contribution in [0.2, 0.25) is 10.0 Å². The summed E-state index contributed by atoms with van der Waals surface area (Å²) in [5.41, 5.74) is 1.14. The molecule has 19 heavy (non-hydrogen) atoms. The van der Waals surface area contributed by atoms with E-state index in [4.69, 9.17) is 23.2 Å². The van der Waals surface area contributed by atoms with Crippen LogP contribution < -0.4 is 5.32 Å². The van der Waals surface area contributed by atoms with E-state index >= 15 is 0 Å². The Hall–Kier alpha value is 0.01000. The number of benzene rings is 1. The minimum Gasteiger partial charge on any atom is -0.310 e. The number of nitrogens with zero attached hydrogens (tertiary/aromatic N) is 1. The van der Waals surface area contributed by atoms with Crippen molar-refractivity contribution in [2.75, 3.05) is 13.1 Å². The molecule has 0 spiro atoms. The Balaban J connectivity index is 0.00000133. The Bertz CT molecular complexity index is 439. The van der Waals surface area contributed by atoms with E-state index in [0.29, 0.717) is 16.1 Å². The first-order chi connectivity index (χ1) is 8.72. The summed E-state index contributed by atoms with van der Waals surface area (Å²) in [6.07, 6.45) is 3.90. The van der Waals surface area contributed by atoms with Gasteiger partial charge in [0.2, 0.25) is 0 Å². The molecule has 1 aromatic rings. The predicted octanol–water partition coefficient (Wildman–Crippen LogP) is 3.74. The molecule has 106 valence electrons. The molecule has 2 aliphatic rings. The van der Waals surface area contributed by atoms with Crippen LogP contribution in [0.15, 0.2) is 18.2 Å². The monoisotopic (exact) mass is 320 g/mol. The molecule has 1 N–H and O–H groups in total. The van der Waals surface area contributed by atoms with E-state index in [1.807, 2.05) is 12.1 Å². The summed E-state index contributed by atoms with van der Waals surface area (Å²) in [5.74, 6) is 0. The Morgan fingerprint density at radius 3 is 2.79 bits per heavy atom. The van der Waals surface area contributed by atoms with Crippen LogP contribution in [0, 0.1) is 0 Å². The summed E-state index contributed by atoms with van der Waals surface area (Å²) in [6, 6.07) is 7.29. The first-order valence-corrected chi connectivity index (χ1v) is 7.39. The van der Waals surface area contributed by atoms with Gasteiger partial charge < -0.3 is 5.32 Å². The van der Waals surface area contributed by atoms with Crippen molar-refractivity contribution < 1.29 is 0 Å². The quantitative estimate of drug-likeness (QED) is 0.892. The van der Waals surface area contributed by atoms with E-state index in [1.54, 1.807) is 0 Å². The second-order valence-electron chi connectivity index (χ2n) is 5.37. The summed E-state index contributed by atoms with van der Waals surface area (Å²) in [5, 5.41) is 5.06. The van der Waals surface area contributed by atoms with Crippen LogP contribution in [0.5, 0.6) is 0 Å². The summed E-state index contributed by atoms with van der Waals surface area (Å²) >= 11 is 12.3. The Labute approximate surface area is 130 Å². The van der Waals surface area contributed by atoms with Gasteiger partial charge in [0.05, 0.1) is 10.0 Å². The summed E-state index contributed by atoms with van der Waals surface area (Å²) in [4.78, 5) is 2.49. The number of fused-ring (bicyclic) bond motifs is 2. The molecule has 2 saturated heterocycles. The smallest absolute Gasteiger partial charge is 0.0637 e. The first kappa shape index (κ1) is 15.4. The minimum atomic E-state index is 0. The molecule has 2 fully saturated rings. The van der Waals surface area contributed by atoms with E-state index in [-0.39, 0.29) is 12.4 Å². The van der Waals surface area contributed by atoms with Crippen molar-refractivity contribution in [3.05, 3.63) is 33.8 Å². The zero-order chi connectivity index (χ0) is 12.5. The van der Waals surface area contributed by atoms with Gasteiger partial charge in [0.1, 0.15) is 0 Å². The molecule has 2 aliphatic heterocycles. The number of nitrogens with one attached hydrogen (secondary N) is 1. The molecule has 0 saturated carbocycles. The van der Waals surface area contributed by atoms with Crippen LogP contribution in [0.3, 0.4) is 0 Å². The maximum absolute atomic E-state index is 6.26. The van der Waals surface area contributed by atoms with E-state index in [1.165, 1.54) is 19.3 Å². The van der Waals surface area contributed by atoms with Gasteiger partial charge in [-0.05, 0) is 30.9 Å². The van der Waals surface area contributed by atoms with E-state index < -0.39 is 0 Å². The number of likely N-dealkylation sites (tertiary alicyclic amines) is 1. The fourth-order valence-corrected chi connectivity index (χ4v) is 3.45. The third-order valence-corrected chi connectivity index (χ3v) is 4.89. The zero-order valence-electron chi connectivity index (χ0n) is 10.7. The largest absolute Gasteiger partial charge is 0.310 e. The average Bonchev–Trinajstić information content (AvgIpc) is 2.68. The lowest BCUT2D eigenvalue weighted by molar-refractivity contribution is 0.251. The lowest BCUT2D eigenvalue weighted by atomic mass is 10.1. The third kappa shape index (κ3) is 3.56. The fourth-order valence-electron chi connectivity index (χ4n) is 3.07. The molecule has 0 radical (unpaired) electrons. The van der Waals surface area contributed by atoms with Crippen molar-refractivity contribution in [3.63, 3.8) is 0 Å². The van der Waals surface area contributed by atoms with Crippen molar-refractivity contribution in [2.24, 2.45) is 0 Å². The molecule has 2 atom stereocenters. The topological polar surface area (TPSA) is 15.3 Å². The Kier molecular flexibility index (Phi) is 5.38. The van der Waals surface area contributed by atoms with Gasteiger partial charge in [0, 0.05) is 31.7 Å². The number of hydrogen-bond donors (Lipinski definition) is 1. The van der Waals surface area contributed by atoms with Crippen LogP contribution >= 0.6 is 35.6 Å². The highest BCUT2D eigenvalue weighted by atomic mass is 35.5. The van der Waals surface area contributed by atoms with Crippen LogP contribution in [-0.4, -0.2) is 30.1 Å². The van der Waals surface area contributed by atoms with Crippen LogP contribution in [0.4, 0.5) is 0 Å². The molecule has 2 unspecified atom stereocenters. The molecule has 1 aromatic carbocycles. The summed E-state index contributed by atoms with van der Waals surface area (Å²) in [7, 11) is 0. The SMILES string of the molecule is Cl.Clc1cccc(CN2CCC3CCC(C2)N3)c1Cl. The van der Waals surface area contributed by atoms with Crippen molar-refractivity contribution >= 4 is 35.6 Å². The number of rotatable bonds is 2. The van der Waals surface area contributed by atoms with Gasteiger partial charge in [-0.1, -0.05) is 35.3 Å². The van der Waals surface area contributed by atoms with Crippen molar-refractivity contribution in [2.45, 2.75) is 37.9 Å². The maximum atomic E-state index is 6.26. The normalized spacial score (nSPS) is 26.8. The number of halogens is 3. The molecule has 0 amide bonds. The second-order valence-corrected chi connectivity index (χ2v) is 6.16. The first-order valence-electron chi connectivity index (χ1n) is 6.63. The van der Waals surface area contributed by atoms with Gasteiger partial charge in [-0.3, -0.25) is 4.90 Å². The molecule has 0 aromatic heterocycles. The third-order valence-electron chi connectivity index (χ3n) is 4.03. The van der Waals surface area contributed by atoms with Gasteiger partial charge in [0.25, 0.3) is 0 Å². The Morgan fingerprint density at radius 2 is 1.95 bits per heavy atom. The van der Waals surface area contributed by atoms with Gasteiger partial charge in [0.15, 0.2) is 0 Å². The number of hydrogen-bond acceptors (Lipinski definition) is 2. The minimum absolute atomic E-state index is 0. The van der Waals surface area contributed by atoms with E-state index in [2.05, 4.69) is 16.3 Å².